The maximum absolute atomic E-state index is 12.1. The minimum atomic E-state index is -3.02. The van der Waals surface area contributed by atoms with E-state index in [1.54, 1.807) is 20.9 Å². The highest BCUT2D eigenvalue weighted by Crippen LogP contribution is 2.23. The highest BCUT2D eigenvalue weighted by molar-refractivity contribution is 7.92. The summed E-state index contributed by atoms with van der Waals surface area (Å²) in [5.41, 5.74) is 0. The predicted molar refractivity (Wildman–Crippen MR) is 102 cm³/mol. The van der Waals surface area contributed by atoms with Crippen LogP contribution in [0, 0.1) is 0 Å². The van der Waals surface area contributed by atoms with Crippen LogP contribution in [-0.4, -0.2) is 80.0 Å². The second-order valence-corrected chi connectivity index (χ2v) is 10.5. The summed E-state index contributed by atoms with van der Waals surface area (Å²) >= 11 is 0. The van der Waals surface area contributed by atoms with Crippen LogP contribution in [0.2, 0.25) is 0 Å². The van der Waals surface area contributed by atoms with Crippen molar-refractivity contribution in [2.24, 2.45) is 4.99 Å². The highest BCUT2D eigenvalue weighted by atomic mass is 32.2. The van der Waals surface area contributed by atoms with Gasteiger partial charge in [-0.05, 0) is 48.0 Å². The van der Waals surface area contributed by atoms with Gasteiger partial charge in [-0.2, -0.15) is 0 Å². The summed E-state index contributed by atoms with van der Waals surface area (Å²) < 4.78 is 23.5. The molecule has 1 aliphatic rings. The summed E-state index contributed by atoms with van der Waals surface area (Å²) in [5.74, 6) is 0.994. The molecule has 0 radical (unpaired) electrons. The SMILES string of the molecule is CN=C(NCCCN(C(C)C)C(C)C)N1CCS(=O)(=O)C(C)(C)C1. The van der Waals surface area contributed by atoms with Crippen molar-refractivity contribution in [2.75, 3.05) is 39.0 Å². The Morgan fingerprint density at radius 2 is 1.83 bits per heavy atom. The Balaban J connectivity index is 2.52. The van der Waals surface area contributed by atoms with Crippen LogP contribution in [0.1, 0.15) is 48.0 Å². The zero-order valence-electron chi connectivity index (χ0n) is 16.5. The van der Waals surface area contributed by atoms with Crippen LogP contribution in [-0.2, 0) is 9.84 Å². The fourth-order valence-electron chi connectivity index (χ4n) is 3.23. The Hall–Kier alpha value is -0.820. The first-order valence-electron chi connectivity index (χ1n) is 8.95. The minimum Gasteiger partial charge on any atom is -0.356 e. The summed E-state index contributed by atoms with van der Waals surface area (Å²) in [7, 11) is -1.27. The van der Waals surface area contributed by atoms with Gasteiger partial charge in [0.25, 0.3) is 0 Å². The molecule has 0 atom stereocenters. The van der Waals surface area contributed by atoms with Crippen molar-refractivity contribution in [3.63, 3.8) is 0 Å². The third-order valence-corrected chi connectivity index (χ3v) is 7.29. The smallest absolute Gasteiger partial charge is 0.193 e. The second-order valence-electron chi connectivity index (χ2n) is 7.75. The normalized spacial score (nSPS) is 20.9. The van der Waals surface area contributed by atoms with E-state index in [0.717, 1.165) is 25.5 Å². The molecule has 1 saturated heterocycles. The first kappa shape index (κ1) is 21.2. The van der Waals surface area contributed by atoms with Gasteiger partial charge in [-0.3, -0.25) is 9.89 Å². The van der Waals surface area contributed by atoms with E-state index in [1.807, 2.05) is 0 Å². The topological polar surface area (TPSA) is 65.0 Å². The Morgan fingerprint density at radius 1 is 1.25 bits per heavy atom. The first-order valence-corrected chi connectivity index (χ1v) is 10.6. The van der Waals surface area contributed by atoms with E-state index in [9.17, 15) is 8.42 Å². The van der Waals surface area contributed by atoms with Gasteiger partial charge < -0.3 is 10.2 Å². The van der Waals surface area contributed by atoms with Crippen molar-refractivity contribution in [1.29, 1.82) is 0 Å². The lowest BCUT2D eigenvalue weighted by molar-refractivity contribution is 0.173. The lowest BCUT2D eigenvalue weighted by Crippen LogP contribution is -2.57. The molecule has 24 heavy (non-hydrogen) atoms. The molecule has 142 valence electrons. The summed E-state index contributed by atoms with van der Waals surface area (Å²) in [6.45, 7) is 15.4. The van der Waals surface area contributed by atoms with Crippen LogP contribution in [0.4, 0.5) is 0 Å². The molecule has 1 heterocycles. The number of guanidine groups is 1. The number of rotatable bonds is 6. The molecule has 0 aromatic carbocycles. The van der Waals surface area contributed by atoms with Crippen molar-refractivity contribution in [3.05, 3.63) is 0 Å². The minimum absolute atomic E-state index is 0.190. The van der Waals surface area contributed by atoms with Gasteiger partial charge in [0.05, 0.1) is 10.5 Å². The standard InChI is InChI=1S/C17H36N4O2S/c1-14(2)21(15(3)4)10-8-9-19-16(18-7)20-11-12-24(22,23)17(5,6)13-20/h14-15H,8-13H2,1-7H3,(H,18,19). The van der Waals surface area contributed by atoms with Gasteiger partial charge in [-0.25, -0.2) is 8.42 Å². The summed E-state index contributed by atoms with van der Waals surface area (Å²) in [6.07, 6.45) is 1.03. The molecule has 0 unspecified atom stereocenters. The van der Waals surface area contributed by atoms with Crippen molar-refractivity contribution in [3.8, 4) is 0 Å². The van der Waals surface area contributed by atoms with Gasteiger partial charge >= 0.3 is 0 Å². The number of aliphatic imine (C=N–C) groups is 1. The van der Waals surface area contributed by atoms with Crippen LogP contribution >= 0.6 is 0 Å². The van der Waals surface area contributed by atoms with Gasteiger partial charge in [0, 0.05) is 45.3 Å². The van der Waals surface area contributed by atoms with E-state index in [4.69, 9.17) is 0 Å². The molecule has 6 nitrogen and oxygen atoms in total. The zero-order chi connectivity index (χ0) is 18.5. The van der Waals surface area contributed by atoms with E-state index in [-0.39, 0.29) is 5.75 Å². The van der Waals surface area contributed by atoms with Crippen LogP contribution in [0.5, 0.6) is 0 Å². The molecule has 1 fully saturated rings. The third-order valence-electron chi connectivity index (χ3n) is 4.76. The van der Waals surface area contributed by atoms with Crippen LogP contribution in [0.15, 0.2) is 4.99 Å². The number of hydrogen-bond donors (Lipinski definition) is 1. The van der Waals surface area contributed by atoms with Crippen LogP contribution in [0.25, 0.3) is 0 Å². The number of sulfone groups is 1. The fourth-order valence-corrected chi connectivity index (χ4v) is 4.60. The van der Waals surface area contributed by atoms with E-state index in [0.29, 0.717) is 25.2 Å². The van der Waals surface area contributed by atoms with E-state index >= 15 is 0 Å². The summed E-state index contributed by atoms with van der Waals surface area (Å²) in [4.78, 5) is 8.87. The fraction of sp³-hybridized carbons (Fsp3) is 0.941. The molecule has 0 aromatic rings. The number of nitrogens with zero attached hydrogens (tertiary/aromatic N) is 3. The van der Waals surface area contributed by atoms with Crippen LogP contribution in [0.3, 0.4) is 0 Å². The van der Waals surface area contributed by atoms with Gasteiger partial charge in [0.1, 0.15) is 0 Å². The third kappa shape index (κ3) is 5.34. The molecule has 7 heteroatoms. The molecule has 1 rings (SSSR count). The molecule has 0 aromatic heterocycles. The Labute approximate surface area is 148 Å². The zero-order valence-corrected chi connectivity index (χ0v) is 17.3. The van der Waals surface area contributed by atoms with Crippen molar-refractivity contribution in [1.82, 2.24) is 15.1 Å². The average Bonchev–Trinajstić information content (AvgIpc) is 2.45. The second kappa shape index (κ2) is 8.52. The molecule has 1 N–H and O–H groups in total. The van der Waals surface area contributed by atoms with Crippen LogP contribution < -0.4 is 5.32 Å². The molecule has 0 bridgehead atoms. The van der Waals surface area contributed by atoms with E-state index < -0.39 is 14.6 Å². The average molecular weight is 361 g/mol. The Kier molecular flexibility index (Phi) is 7.53. The van der Waals surface area contributed by atoms with E-state index in [1.165, 1.54) is 0 Å². The van der Waals surface area contributed by atoms with Crippen molar-refractivity contribution in [2.45, 2.75) is 64.8 Å². The maximum atomic E-state index is 12.1. The summed E-state index contributed by atoms with van der Waals surface area (Å²) in [6, 6.07) is 1.08. The summed E-state index contributed by atoms with van der Waals surface area (Å²) in [5, 5.41) is 3.39. The van der Waals surface area contributed by atoms with Gasteiger partial charge in [-0.15, -0.1) is 0 Å². The monoisotopic (exact) mass is 360 g/mol. The van der Waals surface area contributed by atoms with Gasteiger partial charge in [-0.1, -0.05) is 0 Å². The van der Waals surface area contributed by atoms with E-state index in [2.05, 4.69) is 47.8 Å². The lowest BCUT2D eigenvalue weighted by Gasteiger charge is -2.39. The Bertz CT molecular complexity index is 519. The predicted octanol–water partition coefficient (Wildman–Crippen LogP) is 1.58. The number of hydrogen-bond acceptors (Lipinski definition) is 4. The largest absolute Gasteiger partial charge is 0.356 e. The lowest BCUT2D eigenvalue weighted by atomic mass is 10.2. The molecule has 1 aliphatic heterocycles. The molecule has 0 spiro atoms. The van der Waals surface area contributed by atoms with Crippen molar-refractivity contribution >= 4 is 15.8 Å². The molecule has 0 amide bonds. The molecular weight excluding hydrogens is 324 g/mol. The quantitative estimate of drug-likeness (QED) is 0.443. The first-order chi connectivity index (χ1) is 11.0. The van der Waals surface area contributed by atoms with Gasteiger partial charge in [0.2, 0.25) is 0 Å². The molecule has 0 saturated carbocycles. The highest BCUT2D eigenvalue weighted by Gasteiger charge is 2.40. The molecular formula is C17H36N4O2S. The molecule has 0 aliphatic carbocycles. The number of nitrogens with one attached hydrogen (secondary N) is 1. The maximum Gasteiger partial charge on any atom is 0.193 e. The van der Waals surface area contributed by atoms with Crippen molar-refractivity contribution < 1.29 is 8.42 Å². The Morgan fingerprint density at radius 3 is 2.29 bits per heavy atom. The van der Waals surface area contributed by atoms with Gasteiger partial charge in [0.15, 0.2) is 15.8 Å².